The fourth-order valence-corrected chi connectivity index (χ4v) is 2.60. The van der Waals surface area contributed by atoms with E-state index < -0.39 is 12.2 Å². The van der Waals surface area contributed by atoms with Crippen molar-refractivity contribution in [3.8, 4) is 17.2 Å². The van der Waals surface area contributed by atoms with E-state index in [0.717, 1.165) is 11.1 Å². The summed E-state index contributed by atoms with van der Waals surface area (Å²) in [6, 6.07) is 11.5. The maximum Gasteiger partial charge on any atom is 0.157 e. The molecule has 2 aromatic carbocycles. The Kier molecular flexibility index (Phi) is 6.46. The second-order valence-corrected chi connectivity index (χ2v) is 6.11. The molecule has 24 heavy (non-hydrogen) atoms. The van der Waals surface area contributed by atoms with Crippen molar-refractivity contribution in [2.75, 3.05) is 0 Å². The Labute approximate surface area is 141 Å². The molecule has 130 valence electrons. The standard InChI is InChI=1S/C19H24O5/c20-15-6-1-13(2-7-15)3-8-16(21)12-17(22)9-4-14-5-10-18(23)19(24)11-14/h1-2,5-7,10-11,16-17,20-24H,3-4,8-9,12H2/t16-,17-/m1/s1. The number of aryl methyl sites for hydroxylation is 2. The van der Waals surface area contributed by atoms with Crippen LogP contribution in [-0.4, -0.2) is 37.7 Å². The lowest BCUT2D eigenvalue weighted by Gasteiger charge is -2.16. The van der Waals surface area contributed by atoms with Crippen LogP contribution in [0.4, 0.5) is 0 Å². The molecule has 0 saturated carbocycles. The van der Waals surface area contributed by atoms with Crippen LogP contribution in [0.15, 0.2) is 42.5 Å². The first kappa shape index (κ1) is 18.1. The summed E-state index contributed by atoms with van der Waals surface area (Å²) in [7, 11) is 0. The van der Waals surface area contributed by atoms with Crippen molar-refractivity contribution < 1.29 is 25.5 Å². The van der Waals surface area contributed by atoms with Gasteiger partial charge in [0.1, 0.15) is 5.75 Å². The Hall–Kier alpha value is -2.24. The Morgan fingerprint density at radius 2 is 1.21 bits per heavy atom. The second kappa shape index (κ2) is 8.57. The van der Waals surface area contributed by atoms with Gasteiger partial charge in [0, 0.05) is 0 Å². The molecule has 0 aliphatic carbocycles. The summed E-state index contributed by atoms with van der Waals surface area (Å²) in [5, 5.41) is 48.0. The van der Waals surface area contributed by atoms with Crippen LogP contribution in [0.3, 0.4) is 0 Å². The Balaban J connectivity index is 1.71. The zero-order valence-corrected chi connectivity index (χ0v) is 13.5. The normalized spacial score (nSPS) is 13.6. The van der Waals surface area contributed by atoms with Gasteiger partial charge >= 0.3 is 0 Å². The van der Waals surface area contributed by atoms with E-state index in [-0.39, 0.29) is 17.2 Å². The van der Waals surface area contributed by atoms with Crippen molar-refractivity contribution in [2.45, 2.75) is 44.3 Å². The van der Waals surface area contributed by atoms with Crippen LogP contribution in [0.5, 0.6) is 17.2 Å². The smallest absolute Gasteiger partial charge is 0.157 e. The topological polar surface area (TPSA) is 101 Å². The van der Waals surface area contributed by atoms with Crippen LogP contribution in [0.25, 0.3) is 0 Å². The predicted octanol–water partition coefficient (Wildman–Crippen LogP) is 2.48. The molecule has 0 amide bonds. The first-order valence-corrected chi connectivity index (χ1v) is 8.09. The van der Waals surface area contributed by atoms with Crippen LogP contribution in [0.2, 0.25) is 0 Å². The van der Waals surface area contributed by atoms with Crippen LogP contribution in [0.1, 0.15) is 30.4 Å². The van der Waals surface area contributed by atoms with Crippen LogP contribution >= 0.6 is 0 Å². The summed E-state index contributed by atoms with van der Waals surface area (Å²) in [5.41, 5.74) is 1.85. The third kappa shape index (κ3) is 5.76. The molecule has 0 unspecified atom stereocenters. The maximum absolute atomic E-state index is 10.0. The van der Waals surface area contributed by atoms with E-state index in [1.54, 1.807) is 18.2 Å². The summed E-state index contributed by atoms with van der Waals surface area (Å²) in [6.45, 7) is 0. The van der Waals surface area contributed by atoms with E-state index >= 15 is 0 Å². The van der Waals surface area contributed by atoms with Gasteiger partial charge in [0.15, 0.2) is 11.5 Å². The third-order valence-corrected chi connectivity index (χ3v) is 4.05. The van der Waals surface area contributed by atoms with E-state index in [0.29, 0.717) is 32.1 Å². The lowest BCUT2D eigenvalue weighted by molar-refractivity contribution is 0.0714. The number of hydrogen-bond donors (Lipinski definition) is 5. The minimum Gasteiger partial charge on any atom is -0.508 e. The van der Waals surface area contributed by atoms with Gasteiger partial charge in [0.25, 0.3) is 0 Å². The number of aliphatic hydroxyl groups excluding tert-OH is 2. The molecular formula is C19H24O5. The predicted molar refractivity (Wildman–Crippen MR) is 91.2 cm³/mol. The second-order valence-electron chi connectivity index (χ2n) is 6.11. The molecule has 0 radical (unpaired) electrons. The van der Waals surface area contributed by atoms with Crippen molar-refractivity contribution in [1.29, 1.82) is 0 Å². The molecule has 2 atom stereocenters. The molecule has 0 bridgehead atoms. The van der Waals surface area contributed by atoms with Crippen molar-refractivity contribution >= 4 is 0 Å². The maximum atomic E-state index is 10.0. The van der Waals surface area contributed by atoms with Crippen LogP contribution in [0, 0.1) is 0 Å². The molecule has 5 heteroatoms. The molecular weight excluding hydrogens is 308 g/mol. The Morgan fingerprint density at radius 3 is 1.79 bits per heavy atom. The first-order chi connectivity index (χ1) is 11.4. The molecule has 0 aromatic heterocycles. The van der Waals surface area contributed by atoms with Crippen molar-refractivity contribution in [2.24, 2.45) is 0 Å². The van der Waals surface area contributed by atoms with Gasteiger partial charge in [0.2, 0.25) is 0 Å². The number of aliphatic hydroxyl groups is 2. The van der Waals surface area contributed by atoms with Gasteiger partial charge in [-0.1, -0.05) is 18.2 Å². The molecule has 0 fully saturated rings. The quantitative estimate of drug-likeness (QED) is 0.478. The van der Waals surface area contributed by atoms with Crippen molar-refractivity contribution in [3.63, 3.8) is 0 Å². The van der Waals surface area contributed by atoms with Gasteiger partial charge in [-0.3, -0.25) is 0 Å². The average molecular weight is 332 g/mol. The first-order valence-electron chi connectivity index (χ1n) is 8.09. The lowest BCUT2D eigenvalue weighted by atomic mass is 9.99. The fraction of sp³-hybridized carbons (Fsp3) is 0.368. The number of phenolic OH excluding ortho intramolecular Hbond substituents is 3. The van der Waals surface area contributed by atoms with E-state index in [4.69, 9.17) is 0 Å². The highest BCUT2D eigenvalue weighted by Crippen LogP contribution is 2.25. The van der Waals surface area contributed by atoms with Gasteiger partial charge in [0.05, 0.1) is 12.2 Å². The average Bonchev–Trinajstić information content (AvgIpc) is 2.55. The summed E-state index contributed by atoms with van der Waals surface area (Å²) < 4.78 is 0. The highest BCUT2D eigenvalue weighted by atomic mass is 16.3. The van der Waals surface area contributed by atoms with Crippen molar-refractivity contribution in [1.82, 2.24) is 0 Å². The highest BCUT2D eigenvalue weighted by Gasteiger charge is 2.13. The van der Waals surface area contributed by atoms with E-state index in [1.807, 2.05) is 12.1 Å². The number of benzene rings is 2. The molecule has 0 aliphatic rings. The molecule has 0 spiro atoms. The summed E-state index contributed by atoms with van der Waals surface area (Å²) in [5.74, 6) is -0.116. The highest BCUT2D eigenvalue weighted by molar-refractivity contribution is 5.40. The monoisotopic (exact) mass is 332 g/mol. The molecule has 0 saturated heterocycles. The van der Waals surface area contributed by atoms with Crippen LogP contribution in [-0.2, 0) is 12.8 Å². The van der Waals surface area contributed by atoms with Crippen molar-refractivity contribution in [3.05, 3.63) is 53.6 Å². The summed E-state index contributed by atoms with van der Waals surface area (Å²) in [4.78, 5) is 0. The lowest BCUT2D eigenvalue weighted by Crippen LogP contribution is -2.19. The van der Waals surface area contributed by atoms with Gasteiger partial charge in [-0.2, -0.15) is 0 Å². The minimum absolute atomic E-state index is 0.163. The summed E-state index contributed by atoms with van der Waals surface area (Å²) >= 11 is 0. The SMILES string of the molecule is Oc1ccc(CC[C@@H](O)C[C@H](O)CCc2ccc(O)c(O)c2)cc1. The van der Waals surface area contributed by atoms with E-state index in [2.05, 4.69) is 0 Å². The number of hydrogen-bond acceptors (Lipinski definition) is 5. The molecule has 2 rings (SSSR count). The van der Waals surface area contributed by atoms with E-state index in [9.17, 15) is 25.5 Å². The Bertz CT molecular complexity index is 639. The third-order valence-electron chi connectivity index (χ3n) is 4.05. The van der Waals surface area contributed by atoms with Gasteiger partial charge < -0.3 is 25.5 Å². The fourth-order valence-electron chi connectivity index (χ4n) is 2.60. The largest absolute Gasteiger partial charge is 0.508 e. The Morgan fingerprint density at radius 1 is 0.667 bits per heavy atom. The molecule has 0 heterocycles. The van der Waals surface area contributed by atoms with Gasteiger partial charge in [-0.05, 0) is 67.5 Å². The molecule has 5 N–H and O–H groups in total. The number of rotatable bonds is 8. The number of aromatic hydroxyl groups is 3. The number of phenols is 3. The van der Waals surface area contributed by atoms with Gasteiger partial charge in [-0.15, -0.1) is 0 Å². The molecule has 0 aliphatic heterocycles. The molecule has 5 nitrogen and oxygen atoms in total. The van der Waals surface area contributed by atoms with Crippen LogP contribution < -0.4 is 0 Å². The zero-order chi connectivity index (χ0) is 17.5. The molecule has 2 aromatic rings. The summed E-state index contributed by atoms with van der Waals surface area (Å²) in [6.07, 6.45) is 1.32. The zero-order valence-electron chi connectivity index (χ0n) is 13.5. The van der Waals surface area contributed by atoms with Gasteiger partial charge in [-0.25, -0.2) is 0 Å². The minimum atomic E-state index is -0.629. The van der Waals surface area contributed by atoms with E-state index in [1.165, 1.54) is 12.1 Å².